The highest BCUT2D eigenvalue weighted by atomic mass is 35.5. The average molecular weight is 274 g/mol. The standard InChI is InChI=1S/C11H13Cl2NOSi/c1-16(2,3)15-11(7-14)8-4-5-9(12)10(13)6-8/h4-6,11H,1-3H3/t11-/m0/s1. The van der Waals surface area contributed by atoms with Crippen molar-refractivity contribution >= 4 is 31.5 Å². The maximum absolute atomic E-state index is 9.07. The third kappa shape index (κ3) is 3.80. The normalized spacial score (nSPS) is 13.2. The van der Waals surface area contributed by atoms with E-state index in [-0.39, 0.29) is 0 Å². The van der Waals surface area contributed by atoms with Crippen molar-refractivity contribution in [1.82, 2.24) is 0 Å². The second kappa shape index (κ2) is 5.20. The first-order valence-electron chi connectivity index (χ1n) is 4.86. The van der Waals surface area contributed by atoms with E-state index < -0.39 is 14.4 Å². The quantitative estimate of drug-likeness (QED) is 0.765. The first kappa shape index (κ1) is 13.5. The highest BCUT2D eigenvalue weighted by Gasteiger charge is 2.22. The molecule has 1 rings (SSSR count). The molecule has 16 heavy (non-hydrogen) atoms. The number of benzene rings is 1. The molecule has 0 bridgehead atoms. The van der Waals surface area contributed by atoms with Gasteiger partial charge in [-0.05, 0) is 37.3 Å². The van der Waals surface area contributed by atoms with Gasteiger partial charge in [-0.2, -0.15) is 5.26 Å². The van der Waals surface area contributed by atoms with E-state index in [2.05, 4.69) is 6.07 Å². The molecule has 0 aliphatic carbocycles. The summed E-state index contributed by atoms with van der Waals surface area (Å²) in [5, 5.41) is 10.00. The van der Waals surface area contributed by atoms with Crippen molar-refractivity contribution in [3.63, 3.8) is 0 Å². The molecule has 0 N–H and O–H groups in total. The number of nitrogens with zero attached hydrogens (tertiary/aromatic N) is 1. The van der Waals surface area contributed by atoms with Crippen molar-refractivity contribution in [2.24, 2.45) is 0 Å². The van der Waals surface area contributed by atoms with Crippen molar-refractivity contribution < 1.29 is 4.43 Å². The summed E-state index contributed by atoms with van der Waals surface area (Å²) in [5.41, 5.74) is 0.749. The van der Waals surface area contributed by atoms with Gasteiger partial charge in [0.15, 0.2) is 14.4 Å². The molecule has 0 amide bonds. The van der Waals surface area contributed by atoms with E-state index in [1.165, 1.54) is 0 Å². The molecule has 86 valence electrons. The van der Waals surface area contributed by atoms with Gasteiger partial charge in [0.1, 0.15) is 0 Å². The Labute approximate surface area is 107 Å². The molecule has 0 saturated carbocycles. The van der Waals surface area contributed by atoms with Gasteiger partial charge in [0.25, 0.3) is 0 Å². The first-order chi connectivity index (χ1) is 7.33. The molecule has 0 fully saturated rings. The van der Waals surface area contributed by atoms with Crippen molar-refractivity contribution in [3.05, 3.63) is 33.8 Å². The van der Waals surface area contributed by atoms with Crippen molar-refractivity contribution in [2.45, 2.75) is 25.7 Å². The Morgan fingerprint density at radius 1 is 1.25 bits per heavy atom. The number of halogens is 2. The molecule has 0 radical (unpaired) electrons. The Balaban J connectivity index is 2.97. The zero-order valence-electron chi connectivity index (χ0n) is 9.42. The molecule has 0 unspecified atom stereocenters. The third-order valence-corrected chi connectivity index (χ3v) is 3.52. The number of hydrogen-bond acceptors (Lipinski definition) is 2. The van der Waals surface area contributed by atoms with Crippen LogP contribution in [-0.2, 0) is 4.43 Å². The van der Waals surface area contributed by atoms with E-state index in [0.717, 1.165) is 5.56 Å². The monoisotopic (exact) mass is 273 g/mol. The maximum atomic E-state index is 9.07. The van der Waals surface area contributed by atoms with Crippen LogP contribution in [0.4, 0.5) is 0 Å². The molecule has 0 heterocycles. The Morgan fingerprint density at radius 3 is 2.31 bits per heavy atom. The average Bonchev–Trinajstić information content (AvgIpc) is 2.17. The van der Waals surface area contributed by atoms with Crippen molar-refractivity contribution in [3.8, 4) is 6.07 Å². The highest BCUT2D eigenvalue weighted by molar-refractivity contribution is 6.69. The van der Waals surface area contributed by atoms with Gasteiger partial charge in [0.05, 0.1) is 16.1 Å². The van der Waals surface area contributed by atoms with Gasteiger partial charge in [-0.25, -0.2) is 0 Å². The Kier molecular flexibility index (Phi) is 4.40. The largest absolute Gasteiger partial charge is 0.399 e. The molecule has 1 aromatic rings. The van der Waals surface area contributed by atoms with Crippen LogP contribution in [0.15, 0.2) is 18.2 Å². The number of rotatable bonds is 3. The van der Waals surface area contributed by atoms with Crippen LogP contribution < -0.4 is 0 Å². The fraction of sp³-hybridized carbons (Fsp3) is 0.364. The van der Waals surface area contributed by atoms with Gasteiger partial charge in [-0.15, -0.1) is 0 Å². The van der Waals surface area contributed by atoms with Crippen LogP contribution in [0.2, 0.25) is 29.7 Å². The van der Waals surface area contributed by atoms with E-state index >= 15 is 0 Å². The molecule has 0 aromatic heterocycles. The van der Waals surface area contributed by atoms with Gasteiger partial charge in [-0.1, -0.05) is 29.3 Å². The lowest BCUT2D eigenvalue weighted by Crippen LogP contribution is -2.27. The van der Waals surface area contributed by atoms with E-state index in [1.54, 1.807) is 18.2 Å². The van der Waals surface area contributed by atoms with E-state index in [4.69, 9.17) is 32.9 Å². The first-order valence-corrected chi connectivity index (χ1v) is 9.02. The summed E-state index contributed by atoms with van der Waals surface area (Å²) in [5.74, 6) is 0. The Bertz CT molecular complexity index is 423. The van der Waals surface area contributed by atoms with Crippen LogP contribution in [0.1, 0.15) is 11.7 Å². The fourth-order valence-corrected chi connectivity index (χ4v) is 2.40. The Morgan fingerprint density at radius 2 is 1.88 bits per heavy atom. The number of hydrogen-bond donors (Lipinski definition) is 0. The molecule has 2 nitrogen and oxygen atoms in total. The minimum Gasteiger partial charge on any atom is -0.399 e. The predicted octanol–water partition coefficient (Wildman–Crippen LogP) is 4.41. The van der Waals surface area contributed by atoms with Gasteiger partial charge >= 0.3 is 0 Å². The summed E-state index contributed by atoms with van der Waals surface area (Å²) in [6.07, 6.45) is -0.568. The SMILES string of the molecule is C[Si](C)(C)O[C@@H](C#N)c1ccc(Cl)c(Cl)c1. The van der Waals surface area contributed by atoms with Gasteiger partial charge in [-0.3, -0.25) is 0 Å². The predicted molar refractivity (Wildman–Crippen MR) is 69.2 cm³/mol. The van der Waals surface area contributed by atoms with Crippen molar-refractivity contribution in [2.75, 3.05) is 0 Å². The van der Waals surface area contributed by atoms with Gasteiger partial charge in [0.2, 0.25) is 0 Å². The zero-order chi connectivity index (χ0) is 12.3. The summed E-state index contributed by atoms with van der Waals surface area (Å²) in [6.45, 7) is 6.11. The molecule has 5 heteroatoms. The lowest BCUT2D eigenvalue weighted by Gasteiger charge is -2.22. The summed E-state index contributed by atoms with van der Waals surface area (Å²) >= 11 is 11.7. The lowest BCUT2D eigenvalue weighted by molar-refractivity contribution is 0.255. The molecule has 1 atom stereocenters. The molecule has 0 saturated heterocycles. The van der Waals surface area contributed by atoms with Gasteiger partial charge < -0.3 is 4.43 Å². The molecule has 0 aliphatic heterocycles. The van der Waals surface area contributed by atoms with Crippen LogP contribution in [-0.4, -0.2) is 8.32 Å². The molecule has 0 aliphatic rings. The fourth-order valence-electron chi connectivity index (χ4n) is 1.20. The van der Waals surface area contributed by atoms with Crippen LogP contribution in [0.5, 0.6) is 0 Å². The summed E-state index contributed by atoms with van der Waals surface area (Å²) in [7, 11) is -1.75. The third-order valence-electron chi connectivity index (χ3n) is 1.84. The van der Waals surface area contributed by atoms with Gasteiger partial charge in [0, 0.05) is 0 Å². The molecular weight excluding hydrogens is 261 g/mol. The van der Waals surface area contributed by atoms with E-state index in [9.17, 15) is 0 Å². The minimum atomic E-state index is -1.75. The smallest absolute Gasteiger partial charge is 0.186 e. The lowest BCUT2D eigenvalue weighted by atomic mass is 10.1. The topological polar surface area (TPSA) is 33.0 Å². The maximum Gasteiger partial charge on any atom is 0.186 e. The van der Waals surface area contributed by atoms with E-state index in [1.807, 2.05) is 19.6 Å². The summed E-state index contributed by atoms with van der Waals surface area (Å²) in [6, 6.07) is 7.25. The van der Waals surface area contributed by atoms with Crippen LogP contribution in [0.25, 0.3) is 0 Å². The minimum absolute atomic E-state index is 0.443. The van der Waals surface area contributed by atoms with Crippen molar-refractivity contribution in [1.29, 1.82) is 5.26 Å². The Hall–Kier alpha value is -0.533. The molecule has 1 aromatic carbocycles. The van der Waals surface area contributed by atoms with Crippen LogP contribution in [0.3, 0.4) is 0 Å². The zero-order valence-corrected chi connectivity index (χ0v) is 11.9. The second-order valence-corrected chi connectivity index (χ2v) is 9.69. The van der Waals surface area contributed by atoms with E-state index in [0.29, 0.717) is 10.0 Å². The number of nitriles is 1. The molecular formula is C11H13Cl2NOSi. The van der Waals surface area contributed by atoms with Crippen LogP contribution in [0, 0.1) is 11.3 Å². The molecule has 0 spiro atoms. The summed E-state index contributed by atoms with van der Waals surface area (Å²) < 4.78 is 5.74. The van der Waals surface area contributed by atoms with Crippen LogP contribution >= 0.6 is 23.2 Å². The second-order valence-electron chi connectivity index (χ2n) is 4.41. The summed E-state index contributed by atoms with van der Waals surface area (Å²) in [4.78, 5) is 0. The highest BCUT2D eigenvalue weighted by Crippen LogP contribution is 2.28.